The van der Waals surface area contributed by atoms with Crippen molar-refractivity contribution >= 4 is 23.1 Å². The van der Waals surface area contributed by atoms with Gasteiger partial charge in [-0.25, -0.2) is 0 Å². The molecule has 1 aromatic heterocycles. The van der Waals surface area contributed by atoms with Crippen LogP contribution in [-0.2, 0) is 11.2 Å². The molecule has 0 N–H and O–H groups in total. The van der Waals surface area contributed by atoms with E-state index in [-0.39, 0.29) is 5.78 Å². The van der Waals surface area contributed by atoms with Crippen molar-refractivity contribution in [2.45, 2.75) is 13.3 Å². The summed E-state index contributed by atoms with van der Waals surface area (Å²) in [5.74, 6) is 0.0313. The van der Waals surface area contributed by atoms with Crippen molar-refractivity contribution in [3.8, 4) is 5.75 Å². The van der Waals surface area contributed by atoms with Crippen LogP contribution in [0.25, 0.3) is 0 Å². The molecule has 1 aromatic carbocycles. The van der Waals surface area contributed by atoms with Crippen LogP contribution in [-0.4, -0.2) is 11.8 Å². The van der Waals surface area contributed by atoms with Crippen LogP contribution < -0.4 is 4.74 Å². The summed E-state index contributed by atoms with van der Waals surface area (Å²) >= 11 is 1.55. The van der Waals surface area contributed by atoms with Crippen molar-refractivity contribution in [1.82, 2.24) is 0 Å². The van der Waals surface area contributed by atoms with Crippen molar-refractivity contribution in [3.63, 3.8) is 0 Å². The van der Waals surface area contributed by atoms with Crippen LogP contribution in [0.15, 0.2) is 41.8 Å². The lowest BCUT2D eigenvalue weighted by molar-refractivity contribution is -0.131. The third kappa shape index (κ3) is 3.28. The van der Waals surface area contributed by atoms with E-state index in [4.69, 9.17) is 4.74 Å². The highest BCUT2D eigenvalue weighted by molar-refractivity contribution is 7.10. The van der Waals surface area contributed by atoms with Gasteiger partial charge in [-0.15, -0.1) is 11.3 Å². The van der Waals surface area contributed by atoms with Crippen molar-refractivity contribution < 1.29 is 14.3 Å². The third-order valence-electron chi connectivity index (χ3n) is 2.33. The van der Waals surface area contributed by atoms with E-state index < -0.39 is 5.97 Å². The number of carbonyl (C=O) groups excluding carboxylic acids is 2. The van der Waals surface area contributed by atoms with Gasteiger partial charge in [-0.05, 0) is 23.6 Å². The number of Topliss-reactive ketones (excluding diaryl/α,β-unsaturated/α-hetero) is 1. The molecule has 3 nitrogen and oxygen atoms in total. The Morgan fingerprint density at radius 3 is 2.72 bits per heavy atom. The number of esters is 1. The molecule has 0 spiro atoms. The minimum absolute atomic E-state index is 0.0199. The quantitative estimate of drug-likeness (QED) is 0.482. The summed E-state index contributed by atoms with van der Waals surface area (Å²) in [5.41, 5.74) is 0.558. The first-order chi connectivity index (χ1) is 8.65. The molecule has 0 bridgehead atoms. The average molecular weight is 260 g/mol. The Morgan fingerprint density at radius 1 is 1.22 bits per heavy atom. The third-order valence-corrected chi connectivity index (χ3v) is 3.21. The molecule has 2 aromatic rings. The van der Waals surface area contributed by atoms with E-state index in [1.807, 2.05) is 17.5 Å². The topological polar surface area (TPSA) is 43.4 Å². The van der Waals surface area contributed by atoms with E-state index in [0.717, 1.165) is 4.88 Å². The van der Waals surface area contributed by atoms with Gasteiger partial charge >= 0.3 is 5.97 Å². The molecule has 0 saturated carbocycles. The van der Waals surface area contributed by atoms with E-state index in [1.165, 1.54) is 6.92 Å². The van der Waals surface area contributed by atoms with Crippen molar-refractivity contribution in [3.05, 3.63) is 52.2 Å². The predicted molar refractivity (Wildman–Crippen MR) is 70.1 cm³/mol. The van der Waals surface area contributed by atoms with Gasteiger partial charge in [-0.2, -0.15) is 0 Å². The second-order valence-electron chi connectivity index (χ2n) is 3.80. The molecule has 0 fully saturated rings. The minimum atomic E-state index is -0.391. The predicted octanol–water partition coefficient (Wildman–Crippen LogP) is 3.10. The zero-order chi connectivity index (χ0) is 13.0. The van der Waals surface area contributed by atoms with Crippen LogP contribution >= 0.6 is 11.3 Å². The summed E-state index contributed by atoms with van der Waals surface area (Å²) in [6, 6.07) is 10.5. The van der Waals surface area contributed by atoms with Gasteiger partial charge in [0.05, 0.1) is 0 Å². The number of hydrogen-bond donors (Lipinski definition) is 0. The van der Waals surface area contributed by atoms with Crippen molar-refractivity contribution in [1.29, 1.82) is 0 Å². The van der Waals surface area contributed by atoms with Gasteiger partial charge in [0.15, 0.2) is 5.78 Å². The molecule has 18 heavy (non-hydrogen) atoms. The van der Waals surface area contributed by atoms with Crippen molar-refractivity contribution in [2.75, 3.05) is 0 Å². The smallest absolute Gasteiger partial charge is 0.308 e. The summed E-state index contributed by atoms with van der Waals surface area (Å²) in [7, 11) is 0. The van der Waals surface area contributed by atoms with Crippen LogP contribution in [0.5, 0.6) is 5.75 Å². The van der Waals surface area contributed by atoms with Crippen LogP contribution in [0.2, 0.25) is 0 Å². The first-order valence-electron chi connectivity index (χ1n) is 5.49. The van der Waals surface area contributed by atoms with E-state index in [1.54, 1.807) is 35.6 Å². The van der Waals surface area contributed by atoms with Gasteiger partial charge < -0.3 is 4.74 Å². The molecule has 92 valence electrons. The number of ether oxygens (including phenoxy) is 1. The highest BCUT2D eigenvalue weighted by Crippen LogP contribution is 2.17. The lowest BCUT2D eigenvalue weighted by Gasteiger charge is -2.03. The van der Waals surface area contributed by atoms with E-state index in [0.29, 0.717) is 17.7 Å². The van der Waals surface area contributed by atoms with Crippen LogP contribution in [0.1, 0.15) is 22.2 Å². The second-order valence-corrected chi connectivity index (χ2v) is 4.83. The molecule has 4 heteroatoms. The fourth-order valence-electron chi connectivity index (χ4n) is 1.57. The highest BCUT2D eigenvalue weighted by Gasteiger charge is 2.09. The number of thiophene rings is 1. The molecule has 1 heterocycles. The second kappa shape index (κ2) is 5.60. The Hall–Kier alpha value is -1.94. The van der Waals surface area contributed by atoms with Gasteiger partial charge in [0.2, 0.25) is 0 Å². The highest BCUT2D eigenvalue weighted by atomic mass is 32.1. The van der Waals surface area contributed by atoms with Crippen LogP contribution in [0.3, 0.4) is 0 Å². The maximum absolute atomic E-state index is 12.0. The normalized spacial score (nSPS) is 10.1. The summed E-state index contributed by atoms with van der Waals surface area (Å²) in [4.78, 5) is 23.9. The van der Waals surface area contributed by atoms with E-state index in [2.05, 4.69) is 0 Å². The first kappa shape index (κ1) is 12.5. The summed E-state index contributed by atoms with van der Waals surface area (Å²) < 4.78 is 4.95. The number of hydrogen-bond acceptors (Lipinski definition) is 4. The lowest BCUT2D eigenvalue weighted by Crippen LogP contribution is -2.05. The number of rotatable bonds is 4. The van der Waals surface area contributed by atoms with Gasteiger partial charge in [0.25, 0.3) is 0 Å². The molecule has 2 rings (SSSR count). The van der Waals surface area contributed by atoms with E-state index >= 15 is 0 Å². The zero-order valence-electron chi connectivity index (χ0n) is 9.88. The SMILES string of the molecule is CC(=O)Oc1cccc(C(=O)Cc2cccs2)c1. The maximum atomic E-state index is 12.0. The zero-order valence-corrected chi connectivity index (χ0v) is 10.7. The fraction of sp³-hybridized carbons (Fsp3) is 0.143. The molecular weight excluding hydrogens is 248 g/mol. The molecule has 0 saturated heterocycles. The molecule has 0 atom stereocenters. The number of ketones is 1. The fourth-order valence-corrected chi connectivity index (χ4v) is 2.28. The Balaban J connectivity index is 2.12. The van der Waals surface area contributed by atoms with Crippen LogP contribution in [0, 0.1) is 0 Å². The summed E-state index contributed by atoms with van der Waals surface area (Å²) in [6.07, 6.45) is 0.376. The maximum Gasteiger partial charge on any atom is 0.308 e. The Labute approximate surface area is 109 Å². The monoisotopic (exact) mass is 260 g/mol. The molecule has 0 amide bonds. The first-order valence-corrected chi connectivity index (χ1v) is 6.37. The summed E-state index contributed by atoms with van der Waals surface area (Å²) in [6.45, 7) is 1.33. The van der Waals surface area contributed by atoms with E-state index in [9.17, 15) is 9.59 Å². The molecule has 0 radical (unpaired) electrons. The van der Waals surface area contributed by atoms with Gasteiger partial charge in [0.1, 0.15) is 5.75 Å². The standard InChI is InChI=1S/C14H12O3S/c1-10(15)17-12-5-2-4-11(8-12)14(16)9-13-6-3-7-18-13/h2-8H,9H2,1H3. The van der Waals surface area contributed by atoms with Gasteiger partial charge in [-0.3, -0.25) is 9.59 Å². The average Bonchev–Trinajstić information content (AvgIpc) is 2.81. The molecule has 0 aliphatic carbocycles. The number of carbonyl (C=O) groups is 2. The molecule has 0 aliphatic rings. The Kier molecular flexibility index (Phi) is 3.89. The Morgan fingerprint density at radius 2 is 2.06 bits per heavy atom. The summed E-state index contributed by atoms with van der Waals surface area (Å²) in [5, 5.41) is 1.94. The van der Waals surface area contributed by atoms with Gasteiger partial charge in [0, 0.05) is 23.8 Å². The largest absolute Gasteiger partial charge is 0.427 e. The van der Waals surface area contributed by atoms with Crippen LogP contribution in [0.4, 0.5) is 0 Å². The number of benzene rings is 1. The molecular formula is C14H12O3S. The van der Waals surface area contributed by atoms with Crippen molar-refractivity contribution in [2.24, 2.45) is 0 Å². The Bertz CT molecular complexity index is 558. The lowest BCUT2D eigenvalue weighted by atomic mass is 10.1. The van der Waals surface area contributed by atoms with Gasteiger partial charge in [-0.1, -0.05) is 18.2 Å². The molecule has 0 unspecified atom stereocenters. The molecule has 0 aliphatic heterocycles. The minimum Gasteiger partial charge on any atom is -0.427 e.